The van der Waals surface area contributed by atoms with Crippen LogP contribution in [-0.2, 0) is 0 Å². The summed E-state index contributed by atoms with van der Waals surface area (Å²) in [5.41, 5.74) is 1.26. The molecule has 1 N–H and O–H groups in total. The first-order valence-corrected chi connectivity index (χ1v) is 5.94. The Hall–Kier alpha value is -2.24. The molecule has 100 valence electrons. The van der Waals surface area contributed by atoms with Crippen molar-refractivity contribution >= 4 is 5.95 Å². The number of rotatable bonds is 4. The summed E-state index contributed by atoms with van der Waals surface area (Å²) >= 11 is 0. The molecule has 0 atom stereocenters. The van der Waals surface area contributed by atoms with Crippen molar-refractivity contribution in [3.63, 3.8) is 0 Å². The second-order valence-corrected chi connectivity index (χ2v) is 3.98. The zero-order valence-corrected chi connectivity index (χ0v) is 11.1. The molecule has 2 aromatic rings. The van der Waals surface area contributed by atoms with E-state index < -0.39 is 0 Å². The third-order valence-electron chi connectivity index (χ3n) is 2.50. The van der Waals surface area contributed by atoms with E-state index in [0.29, 0.717) is 18.1 Å². The number of benzene rings is 1. The van der Waals surface area contributed by atoms with Gasteiger partial charge in [-0.25, -0.2) is 4.39 Å². The van der Waals surface area contributed by atoms with Gasteiger partial charge in [-0.15, -0.1) is 0 Å². The van der Waals surface area contributed by atoms with Gasteiger partial charge in [0.2, 0.25) is 5.95 Å². The minimum atomic E-state index is -0.374. The average molecular weight is 262 g/mol. The Morgan fingerprint density at radius 2 is 2.05 bits per heavy atom. The molecule has 0 radical (unpaired) electrons. The Bertz CT molecular complexity index is 589. The lowest BCUT2D eigenvalue weighted by atomic mass is 10.1. The second kappa shape index (κ2) is 5.60. The van der Waals surface area contributed by atoms with Gasteiger partial charge < -0.3 is 10.1 Å². The summed E-state index contributed by atoms with van der Waals surface area (Å²) in [6, 6.07) is 4.94. The minimum absolute atomic E-state index is 0.154. The molecule has 1 aromatic heterocycles. The molecule has 1 aromatic carbocycles. The van der Waals surface area contributed by atoms with Crippen LogP contribution in [0.15, 0.2) is 18.2 Å². The average Bonchev–Trinajstić information content (AvgIpc) is 2.41. The largest absolute Gasteiger partial charge is 0.467 e. The van der Waals surface area contributed by atoms with Crippen LogP contribution in [0, 0.1) is 12.7 Å². The van der Waals surface area contributed by atoms with Crippen LogP contribution in [0.5, 0.6) is 6.01 Å². The lowest BCUT2D eigenvalue weighted by Gasteiger charge is -2.08. The highest BCUT2D eigenvalue weighted by Gasteiger charge is 2.12. The van der Waals surface area contributed by atoms with E-state index in [9.17, 15) is 4.39 Å². The van der Waals surface area contributed by atoms with E-state index >= 15 is 0 Å². The summed E-state index contributed by atoms with van der Waals surface area (Å²) in [7, 11) is 1.46. The van der Waals surface area contributed by atoms with Gasteiger partial charge in [-0.05, 0) is 26.0 Å². The SMILES string of the molecule is CCNc1nc(OC)nc(-c2cc(C)ccc2F)n1. The minimum Gasteiger partial charge on any atom is -0.467 e. The number of aromatic nitrogens is 3. The second-order valence-electron chi connectivity index (χ2n) is 3.98. The molecule has 0 saturated heterocycles. The van der Waals surface area contributed by atoms with Gasteiger partial charge in [0.1, 0.15) is 5.82 Å². The Labute approximate surface area is 110 Å². The van der Waals surface area contributed by atoms with Crippen LogP contribution in [0.25, 0.3) is 11.4 Å². The maximum absolute atomic E-state index is 13.8. The van der Waals surface area contributed by atoms with Crippen molar-refractivity contribution in [2.24, 2.45) is 0 Å². The zero-order valence-electron chi connectivity index (χ0n) is 11.1. The Morgan fingerprint density at radius 1 is 1.26 bits per heavy atom. The van der Waals surface area contributed by atoms with Crippen LogP contribution < -0.4 is 10.1 Å². The van der Waals surface area contributed by atoms with Crippen molar-refractivity contribution in [3.8, 4) is 17.4 Å². The van der Waals surface area contributed by atoms with Crippen LogP contribution in [0.1, 0.15) is 12.5 Å². The van der Waals surface area contributed by atoms with Gasteiger partial charge in [0.05, 0.1) is 12.7 Å². The van der Waals surface area contributed by atoms with E-state index in [1.165, 1.54) is 13.2 Å². The predicted octanol–water partition coefficient (Wildman–Crippen LogP) is 2.43. The molecule has 0 aliphatic heterocycles. The first-order valence-electron chi connectivity index (χ1n) is 5.94. The fourth-order valence-corrected chi connectivity index (χ4v) is 1.62. The molecule has 0 spiro atoms. The van der Waals surface area contributed by atoms with Gasteiger partial charge in [0, 0.05) is 6.54 Å². The summed E-state index contributed by atoms with van der Waals surface area (Å²) in [4.78, 5) is 12.3. The van der Waals surface area contributed by atoms with Gasteiger partial charge in [0.25, 0.3) is 0 Å². The lowest BCUT2D eigenvalue weighted by molar-refractivity contribution is 0.379. The molecule has 0 aliphatic rings. The zero-order chi connectivity index (χ0) is 13.8. The van der Waals surface area contributed by atoms with Crippen molar-refractivity contribution in [2.75, 3.05) is 19.0 Å². The standard InChI is InChI=1S/C13H15FN4O/c1-4-15-12-16-11(17-13(18-12)19-3)9-7-8(2)5-6-10(9)14/h5-7H,4H2,1-3H3,(H,15,16,17,18). The van der Waals surface area contributed by atoms with Crippen molar-refractivity contribution in [2.45, 2.75) is 13.8 Å². The molecule has 1 heterocycles. The van der Waals surface area contributed by atoms with Crippen LogP contribution in [0.2, 0.25) is 0 Å². The summed E-state index contributed by atoms with van der Waals surface area (Å²) in [5.74, 6) is 0.246. The Balaban J connectivity index is 2.54. The van der Waals surface area contributed by atoms with E-state index in [4.69, 9.17) is 4.74 Å². The molecule has 19 heavy (non-hydrogen) atoms. The van der Waals surface area contributed by atoms with Crippen LogP contribution in [0.3, 0.4) is 0 Å². The van der Waals surface area contributed by atoms with Crippen LogP contribution >= 0.6 is 0 Å². The molecule has 0 saturated carbocycles. The first kappa shape index (κ1) is 13.2. The van der Waals surface area contributed by atoms with Crippen molar-refractivity contribution in [1.82, 2.24) is 15.0 Å². The molecular weight excluding hydrogens is 247 g/mol. The quantitative estimate of drug-likeness (QED) is 0.917. The lowest BCUT2D eigenvalue weighted by Crippen LogP contribution is -2.06. The fourth-order valence-electron chi connectivity index (χ4n) is 1.62. The third kappa shape index (κ3) is 2.96. The molecule has 0 aliphatic carbocycles. The van der Waals surface area contributed by atoms with Crippen LogP contribution in [-0.4, -0.2) is 28.6 Å². The van der Waals surface area contributed by atoms with Gasteiger partial charge in [-0.3, -0.25) is 0 Å². The molecule has 2 rings (SSSR count). The highest BCUT2D eigenvalue weighted by atomic mass is 19.1. The van der Waals surface area contributed by atoms with Gasteiger partial charge in [0.15, 0.2) is 5.82 Å². The number of hydrogen-bond acceptors (Lipinski definition) is 5. The van der Waals surface area contributed by atoms with E-state index in [2.05, 4.69) is 20.3 Å². The van der Waals surface area contributed by atoms with Crippen molar-refractivity contribution in [1.29, 1.82) is 0 Å². The Kier molecular flexibility index (Phi) is 3.89. The topological polar surface area (TPSA) is 59.9 Å². The number of halogens is 1. The number of methoxy groups -OCH3 is 1. The highest BCUT2D eigenvalue weighted by Crippen LogP contribution is 2.22. The van der Waals surface area contributed by atoms with Crippen LogP contribution in [0.4, 0.5) is 10.3 Å². The maximum atomic E-state index is 13.8. The Morgan fingerprint density at radius 3 is 2.74 bits per heavy atom. The molecule has 0 unspecified atom stereocenters. The number of hydrogen-bond donors (Lipinski definition) is 1. The first-order chi connectivity index (χ1) is 9.13. The fraction of sp³-hybridized carbons (Fsp3) is 0.308. The van der Waals surface area contributed by atoms with Gasteiger partial charge >= 0.3 is 6.01 Å². The molecule has 6 heteroatoms. The predicted molar refractivity (Wildman–Crippen MR) is 70.7 cm³/mol. The number of nitrogens with one attached hydrogen (secondary N) is 1. The number of ether oxygens (including phenoxy) is 1. The van der Waals surface area contributed by atoms with Crippen molar-refractivity contribution < 1.29 is 9.13 Å². The summed E-state index contributed by atoms with van der Waals surface area (Å²) in [6.07, 6.45) is 0. The van der Waals surface area contributed by atoms with E-state index in [0.717, 1.165) is 5.56 Å². The molecule has 5 nitrogen and oxygen atoms in total. The van der Waals surface area contributed by atoms with E-state index in [-0.39, 0.29) is 17.7 Å². The maximum Gasteiger partial charge on any atom is 0.321 e. The number of nitrogens with zero attached hydrogens (tertiary/aromatic N) is 3. The number of anilines is 1. The normalized spacial score (nSPS) is 10.3. The van der Waals surface area contributed by atoms with Gasteiger partial charge in [-0.2, -0.15) is 15.0 Å². The van der Waals surface area contributed by atoms with E-state index in [1.807, 2.05) is 13.8 Å². The summed E-state index contributed by atoms with van der Waals surface area (Å²) < 4.78 is 18.9. The highest BCUT2D eigenvalue weighted by molar-refractivity contribution is 5.58. The van der Waals surface area contributed by atoms with Gasteiger partial charge in [-0.1, -0.05) is 11.6 Å². The summed E-state index contributed by atoms with van der Waals surface area (Å²) in [5, 5.41) is 2.96. The smallest absolute Gasteiger partial charge is 0.321 e. The third-order valence-corrected chi connectivity index (χ3v) is 2.50. The number of aryl methyl sites for hydroxylation is 1. The van der Waals surface area contributed by atoms with E-state index in [1.54, 1.807) is 12.1 Å². The molecule has 0 bridgehead atoms. The molecular formula is C13H15FN4O. The summed E-state index contributed by atoms with van der Waals surface area (Å²) in [6.45, 7) is 4.46. The monoisotopic (exact) mass is 262 g/mol. The van der Waals surface area contributed by atoms with Crippen molar-refractivity contribution in [3.05, 3.63) is 29.6 Å². The molecule has 0 amide bonds. The molecule has 0 fully saturated rings.